The second kappa shape index (κ2) is 10.5. The van der Waals surface area contributed by atoms with Gasteiger partial charge < -0.3 is 29.7 Å². The molecule has 4 heterocycles. The van der Waals surface area contributed by atoms with Gasteiger partial charge in [0.05, 0.1) is 19.5 Å². The number of hydrogen-bond acceptors (Lipinski definition) is 8. The fraction of sp³-hybridized carbons (Fsp3) is 0.520. The number of amides is 1. The zero-order chi connectivity index (χ0) is 24.2. The van der Waals surface area contributed by atoms with Gasteiger partial charge in [0.2, 0.25) is 11.9 Å². The van der Waals surface area contributed by atoms with Gasteiger partial charge in [-0.3, -0.25) is 4.79 Å². The van der Waals surface area contributed by atoms with Crippen molar-refractivity contribution in [2.75, 3.05) is 61.5 Å². The summed E-state index contributed by atoms with van der Waals surface area (Å²) in [5.74, 6) is 1.49. The molecule has 0 atom stereocenters. The number of hydrogen-bond donors (Lipinski definition) is 2. The van der Waals surface area contributed by atoms with Crippen molar-refractivity contribution in [2.24, 2.45) is 0 Å². The molecule has 0 radical (unpaired) electrons. The largest absolute Gasteiger partial charge is 0.378 e. The van der Waals surface area contributed by atoms with Crippen molar-refractivity contribution in [3.05, 3.63) is 30.6 Å². The monoisotopic (exact) mass is 478 g/mol. The van der Waals surface area contributed by atoms with Crippen LogP contribution in [0.25, 0.3) is 11.2 Å². The number of nitrogens with zero attached hydrogens (tertiary/aromatic N) is 6. The summed E-state index contributed by atoms with van der Waals surface area (Å²) >= 11 is 0. The SMILES string of the molecule is CC(C)n1cnc2c(Nc3ccc(N4CCOCC4)cc3)nc(NCCCN3CCCC3=O)nc21. The molecule has 2 aromatic heterocycles. The highest BCUT2D eigenvalue weighted by molar-refractivity contribution is 5.86. The first kappa shape index (κ1) is 23.3. The van der Waals surface area contributed by atoms with Crippen molar-refractivity contribution >= 4 is 40.2 Å². The van der Waals surface area contributed by atoms with Crippen molar-refractivity contribution in [2.45, 2.75) is 39.2 Å². The lowest BCUT2D eigenvalue weighted by molar-refractivity contribution is -0.127. The minimum Gasteiger partial charge on any atom is -0.378 e. The van der Waals surface area contributed by atoms with Crippen LogP contribution in [0, 0.1) is 0 Å². The minimum atomic E-state index is 0.226. The third-order valence-corrected chi connectivity index (χ3v) is 6.54. The van der Waals surface area contributed by atoms with E-state index in [2.05, 4.69) is 63.2 Å². The van der Waals surface area contributed by atoms with Crippen LogP contribution in [0.2, 0.25) is 0 Å². The Hall–Kier alpha value is -3.40. The maximum absolute atomic E-state index is 11.8. The number of carbonyl (C=O) groups excluding carboxylic acids is 1. The van der Waals surface area contributed by atoms with Crippen LogP contribution < -0.4 is 15.5 Å². The van der Waals surface area contributed by atoms with Gasteiger partial charge in [-0.2, -0.15) is 9.97 Å². The summed E-state index contributed by atoms with van der Waals surface area (Å²) in [6, 6.07) is 8.61. The fourth-order valence-electron chi connectivity index (χ4n) is 4.59. The molecule has 3 aromatic rings. The lowest BCUT2D eigenvalue weighted by Gasteiger charge is -2.28. The summed E-state index contributed by atoms with van der Waals surface area (Å²) in [5, 5.41) is 6.80. The van der Waals surface area contributed by atoms with E-state index in [-0.39, 0.29) is 11.9 Å². The fourth-order valence-corrected chi connectivity index (χ4v) is 4.59. The van der Waals surface area contributed by atoms with Crippen LogP contribution in [0.5, 0.6) is 0 Å². The predicted molar refractivity (Wildman–Crippen MR) is 137 cm³/mol. The Bertz CT molecular complexity index is 1150. The molecule has 2 aliphatic rings. The van der Waals surface area contributed by atoms with Crippen molar-refractivity contribution in [1.29, 1.82) is 0 Å². The number of carbonyl (C=O) groups is 1. The van der Waals surface area contributed by atoms with E-state index < -0.39 is 0 Å². The maximum atomic E-state index is 11.8. The number of benzene rings is 1. The van der Waals surface area contributed by atoms with Crippen molar-refractivity contribution in [1.82, 2.24) is 24.4 Å². The molecule has 2 aliphatic heterocycles. The number of morpholine rings is 1. The van der Waals surface area contributed by atoms with E-state index >= 15 is 0 Å². The second-order valence-corrected chi connectivity index (χ2v) is 9.35. The predicted octanol–water partition coefficient (Wildman–Crippen LogP) is 3.41. The van der Waals surface area contributed by atoms with E-state index in [1.54, 1.807) is 0 Å². The van der Waals surface area contributed by atoms with Crippen LogP contribution in [0.4, 0.5) is 23.1 Å². The Balaban J connectivity index is 1.32. The molecule has 0 saturated carbocycles. The number of imidazole rings is 1. The van der Waals surface area contributed by atoms with Gasteiger partial charge in [-0.05, 0) is 51.0 Å². The molecule has 0 unspecified atom stereocenters. The van der Waals surface area contributed by atoms with E-state index in [9.17, 15) is 4.79 Å². The molecule has 5 rings (SSSR count). The van der Waals surface area contributed by atoms with Crippen LogP contribution in [-0.2, 0) is 9.53 Å². The Morgan fingerprint density at radius 1 is 1.09 bits per heavy atom. The number of nitrogens with one attached hydrogen (secondary N) is 2. The van der Waals surface area contributed by atoms with Crippen molar-refractivity contribution < 1.29 is 9.53 Å². The topological polar surface area (TPSA) is 100 Å². The highest BCUT2D eigenvalue weighted by atomic mass is 16.5. The van der Waals surface area contributed by atoms with Gasteiger partial charge in [0, 0.05) is 56.6 Å². The Morgan fingerprint density at radius 3 is 2.60 bits per heavy atom. The number of ether oxygens (including phenoxy) is 1. The van der Waals surface area contributed by atoms with E-state index in [0.717, 1.165) is 69.1 Å². The molecule has 186 valence electrons. The van der Waals surface area contributed by atoms with Crippen LogP contribution >= 0.6 is 0 Å². The van der Waals surface area contributed by atoms with Crippen LogP contribution in [0.3, 0.4) is 0 Å². The smallest absolute Gasteiger partial charge is 0.226 e. The Morgan fingerprint density at radius 2 is 1.89 bits per heavy atom. The average Bonchev–Trinajstić information content (AvgIpc) is 3.49. The first-order valence-corrected chi connectivity index (χ1v) is 12.5. The highest BCUT2D eigenvalue weighted by Crippen LogP contribution is 2.27. The standard InChI is InChI=1S/C25H34N8O2/c1-18(2)33-17-27-22-23(28-19-6-8-20(9-7-19)31-13-15-35-16-14-31)29-25(30-24(22)33)26-10-4-12-32-11-3-5-21(32)34/h6-9,17-18H,3-5,10-16H2,1-2H3,(H2,26,28,29,30). The third kappa shape index (κ3) is 5.32. The summed E-state index contributed by atoms with van der Waals surface area (Å²) in [7, 11) is 0. The number of fused-ring (bicyclic) bond motifs is 1. The van der Waals surface area contributed by atoms with Crippen molar-refractivity contribution in [3.8, 4) is 0 Å². The Kier molecular flexibility index (Phi) is 6.98. The van der Waals surface area contributed by atoms with E-state index in [1.807, 2.05) is 11.2 Å². The molecule has 2 fully saturated rings. The molecule has 0 spiro atoms. The normalized spacial score (nSPS) is 16.5. The molecular formula is C25H34N8O2. The van der Waals surface area contributed by atoms with Crippen LogP contribution in [0.15, 0.2) is 30.6 Å². The molecule has 0 bridgehead atoms. The molecular weight excluding hydrogens is 444 g/mol. The van der Waals surface area contributed by atoms with Gasteiger partial charge in [-0.1, -0.05) is 0 Å². The number of rotatable bonds is 9. The second-order valence-electron chi connectivity index (χ2n) is 9.35. The van der Waals surface area contributed by atoms with Gasteiger partial charge in [-0.15, -0.1) is 0 Å². The van der Waals surface area contributed by atoms with Gasteiger partial charge in [0.15, 0.2) is 17.0 Å². The average molecular weight is 479 g/mol. The number of aromatic nitrogens is 4. The highest BCUT2D eigenvalue weighted by Gasteiger charge is 2.19. The summed E-state index contributed by atoms with van der Waals surface area (Å²) in [5.41, 5.74) is 3.66. The van der Waals surface area contributed by atoms with Gasteiger partial charge in [0.25, 0.3) is 0 Å². The molecule has 1 aromatic carbocycles. The van der Waals surface area contributed by atoms with E-state index in [1.165, 1.54) is 5.69 Å². The molecule has 10 nitrogen and oxygen atoms in total. The zero-order valence-corrected chi connectivity index (χ0v) is 20.5. The molecule has 35 heavy (non-hydrogen) atoms. The van der Waals surface area contributed by atoms with Gasteiger partial charge in [-0.25, -0.2) is 4.98 Å². The lowest BCUT2D eigenvalue weighted by atomic mass is 10.2. The number of likely N-dealkylation sites (tertiary alicyclic amines) is 1. The quantitative estimate of drug-likeness (QED) is 0.451. The van der Waals surface area contributed by atoms with Gasteiger partial charge >= 0.3 is 0 Å². The molecule has 2 saturated heterocycles. The molecule has 1 amide bonds. The molecule has 2 N–H and O–H groups in total. The van der Waals surface area contributed by atoms with Crippen molar-refractivity contribution in [3.63, 3.8) is 0 Å². The molecule has 10 heteroatoms. The summed E-state index contributed by atoms with van der Waals surface area (Å²) in [4.78, 5) is 30.2. The Labute approximate surface area is 205 Å². The third-order valence-electron chi connectivity index (χ3n) is 6.54. The van der Waals surface area contributed by atoms with E-state index in [4.69, 9.17) is 14.7 Å². The minimum absolute atomic E-state index is 0.226. The summed E-state index contributed by atoms with van der Waals surface area (Å²) in [6.45, 7) is 9.90. The van der Waals surface area contributed by atoms with Crippen LogP contribution in [0.1, 0.15) is 39.2 Å². The van der Waals surface area contributed by atoms with Crippen LogP contribution in [-0.4, -0.2) is 76.3 Å². The first-order valence-electron chi connectivity index (χ1n) is 12.5. The summed E-state index contributed by atoms with van der Waals surface area (Å²) < 4.78 is 7.51. The van der Waals surface area contributed by atoms with Gasteiger partial charge in [0.1, 0.15) is 0 Å². The zero-order valence-electron chi connectivity index (χ0n) is 20.5. The summed E-state index contributed by atoms with van der Waals surface area (Å²) in [6.07, 6.45) is 4.31. The van der Waals surface area contributed by atoms with E-state index in [0.29, 0.717) is 24.7 Å². The lowest BCUT2D eigenvalue weighted by Crippen LogP contribution is -2.36. The number of anilines is 4. The molecule has 0 aliphatic carbocycles. The first-order chi connectivity index (χ1) is 17.1. The maximum Gasteiger partial charge on any atom is 0.226 e.